The molecule has 0 fully saturated rings. The van der Waals surface area contributed by atoms with Crippen molar-refractivity contribution < 1.29 is 0 Å². The molecule has 0 radical (unpaired) electrons. The van der Waals surface area contributed by atoms with Crippen molar-refractivity contribution in [1.29, 1.82) is 0 Å². The molecule has 0 amide bonds. The Morgan fingerprint density at radius 1 is 0.909 bits per heavy atom. The first-order chi connectivity index (χ1) is 27.1. The second-order valence-corrected chi connectivity index (χ2v) is 13.2. The van der Waals surface area contributed by atoms with Crippen molar-refractivity contribution in [2.24, 2.45) is 0 Å². The molecule has 7 rings (SSSR count). The second kappa shape index (κ2) is 18.6. The molecule has 2 heterocycles. The van der Waals surface area contributed by atoms with Crippen molar-refractivity contribution in [3.63, 3.8) is 0 Å². The summed E-state index contributed by atoms with van der Waals surface area (Å²) < 4.78 is 4.59. The van der Waals surface area contributed by atoms with E-state index in [0.717, 1.165) is 106 Å². The fourth-order valence-corrected chi connectivity index (χ4v) is 7.07. The first-order valence-electron chi connectivity index (χ1n) is 19.6. The fourth-order valence-electron chi connectivity index (χ4n) is 7.07. The molecule has 0 aliphatic heterocycles. The average molecular weight is 725 g/mol. The first-order valence-corrected chi connectivity index (χ1v) is 19.6. The molecular formula is C49H52N6. The number of nitrogens with zero attached hydrogens (tertiary/aromatic N) is 5. The number of aryl methyl sites for hydroxylation is 1. The van der Waals surface area contributed by atoms with Crippen LogP contribution in [0.5, 0.6) is 0 Å². The number of rotatable bonds is 12. The van der Waals surface area contributed by atoms with Crippen molar-refractivity contribution in [2.45, 2.75) is 66.7 Å². The summed E-state index contributed by atoms with van der Waals surface area (Å²) in [4.78, 5) is 12.9. The van der Waals surface area contributed by atoms with E-state index in [2.05, 4.69) is 162 Å². The van der Waals surface area contributed by atoms with E-state index in [1.807, 2.05) is 38.1 Å². The molecule has 0 spiro atoms. The van der Waals surface area contributed by atoms with Crippen LogP contribution in [0.3, 0.4) is 0 Å². The predicted octanol–water partition coefficient (Wildman–Crippen LogP) is 11.8. The second-order valence-electron chi connectivity index (χ2n) is 13.2. The monoisotopic (exact) mass is 724 g/mol. The van der Waals surface area contributed by atoms with Gasteiger partial charge in [0.05, 0.1) is 33.8 Å². The van der Waals surface area contributed by atoms with Gasteiger partial charge in [0.25, 0.3) is 0 Å². The maximum Gasteiger partial charge on any atom is 0.145 e. The topological polar surface area (TPSA) is 64.9 Å². The fraction of sp³-hybridized carbons (Fsp3) is 0.224. The molecular weight excluding hydrogens is 673 g/mol. The predicted molar refractivity (Wildman–Crippen MR) is 235 cm³/mol. The van der Waals surface area contributed by atoms with Crippen molar-refractivity contribution in [1.82, 2.24) is 19.1 Å². The van der Waals surface area contributed by atoms with Crippen LogP contribution < -0.4 is 10.6 Å². The molecule has 6 heteroatoms. The highest BCUT2D eigenvalue weighted by atomic mass is 15.1. The SMILES string of the molecule is C/C=C\C(=C/CC)n1c(/C(C)=C/C(=C\CCN(C2=CC#CCC=C2)c2ccccc2N)c2nc3ccccc3n2-c2ccccc2)nc2c1C=CCC2.CC. The third kappa shape index (κ3) is 8.58. The van der Waals surface area contributed by atoms with Crippen LogP contribution in [0.25, 0.3) is 39.6 Å². The van der Waals surface area contributed by atoms with E-state index < -0.39 is 0 Å². The van der Waals surface area contributed by atoms with Crippen molar-refractivity contribution in [3.8, 4) is 17.5 Å². The Morgan fingerprint density at radius 3 is 2.49 bits per heavy atom. The van der Waals surface area contributed by atoms with E-state index in [0.29, 0.717) is 6.54 Å². The molecule has 0 saturated carbocycles. The molecule has 2 N–H and O–H groups in total. The number of anilines is 2. The van der Waals surface area contributed by atoms with Crippen molar-refractivity contribution in [2.75, 3.05) is 17.2 Å². The molecule has 0 bridgehead atoms. The highest BCUT2D eigenvalue weighted by molar-refractivity contribution is 5.88. The summed E-state index contributed by atoms with van der Waals surface area (Å²) in [5, 5.41) is 0. The minimum atomic E-state index is 0.687. The Morgan fingerprint density at radius 2 is 1.69 bits per heavy atom. The Hall–Kier alpha value is -6.32. The Balaban J connectivity index is 0.00000253. The highest BCUT2D eigenvalue weighted by Crippen LogP contribution is 2.33. The minimum absolute atomic E-state index is 0.687. The van der Waals surface area contributed by atoms with Gasteiger partial charge in [-0.05, 0) is 106 Å². The Kier molecular flexibility index (Phi) is 13.0. The molecule has 2 aromatic heterocycles. The lowest BCUT2D eigenvalue weighted by atomic mass is 10.1. The van der Waals surface area contributed by atoms with E-state index in [9.17, 15) is 0 Å². The number of benzene rings is 3. The van der Waals surface area contributed by atoms with E-state index in [1.54, 1.807) is 0 Å². The number of nitrogens with two attached hydrogens (primary N) is 1. The normalized spacial score (nSPS) is 14.2. The number of hydrogen-bond donors (Lipinski definition) is 1. The highest BCUT2D eigenvalue weighted by Gasteiger charge is 2.22. The van der Waals surface area contributed by atoms with Crippen LogP contribution in [0, 0.1) is 11.8 Å². The number of aromatic nitrogens is 4. The molecule has 0 atom stereocenters. The number of allylic oxidation sites excluding steroid dienone is 11. The standard InChI is InChI=1S/C47H46N6.C2H6/c1-4-20-38(21-5-2)52-44-31-17-14-28-41(44)49-46(52)35(3)34-36(47-50-42-29-15-18-32-45(42)53(47)39-25-11-8-12-26-39)22-19-33-51(37-23-9-6-7-10-24-37)43-30-16-13-27-40(43)48;1-2/h4,8-9,11-13,15-18,20-27,29-32,34H,5-6,14,19,28,33,48H2,1-3H3;1-2H3/b20-4-,35-34+,36-22+,38-21+;. The lowest BCUT2D eigenvalue weighted by Gasteiger charge is -2.26. The van der Waals surface area contributed by atoms with Gasteiger partial charge < -0.3 is 10.6 Å². The molecule has 2 aliphatic carbocycles. The summed E-state index contributed by atoms with van der Waals surface area (Å²) in [7, 11) is 0. The van der Waals surface area contributed by atoms with Crippen LogP contribution in [-0.4, -0.2) is 25.6 Å². The summed E-state index contributed by atoms with van der Waals surface area (Å²) in [6.45, 7) is 11.1. The Labute approximate surface area is 327 Å². The van der Waals surface area contributed by atoms with Crippen molar-refractivity contribution >= 4 is 45.3 Å². The van der Waals surface area contributed by atoms with Crippen LogP contribution in [0.1, 0.15) is 83.3 Å². The van der Waals surface area contributed by atoms with Crippen molar-refractivity contribution in [3.05, 3.63) is 162 Å². The van der Waals surface area contributed by atoms with Gasteiger partial charge in [-0.25, -0.2) is 9.97 Å². The van der Waals surface area contributed by atoms with Crippen LogP contribution in [0.4, 0.5) is 11.4 Å². The van der Waals surface area contributed by atoms with Gasteiger partial charge in [-0.3, -0.25) is 9.13 Å². The van der Waals surface area contributed by atoms with Crippen LogP contribution in [-0.2, 0) is 6.42 Å². The van der Waals surface area contributed by atoms with Gasteiger partial charge in [-0.1, -0.05) is 105 Å². The average Bonchev–Trinajstić information content (AvgIpc) is 3.69. The summed E-state index contributed by atoms with van der Waals surface area (Å²) in [6, 6.07) is 26.9. The minimum Gasteiger partial charge on any atom is -0.397 e. The van der Waals surface area contributed by atoms with E-state index >= 15 is 0 Å². The van der Waals surface area contributed by atoms with E-state index in [1.165, 1.54) is 0 Å². The first kappa shape index (κ1) is 38.4. The maximum absolute atomic E-state index is 6.58. The van der Waals surface area contributed by atoms with Gasteiger partial charge in [-0.2, -0.15) is 0 Å². The number of hydrogen-bond acceptors (Lipinski definition) is 4. The third-order valence-electron chi connectivity index (χ3n) is 9.47. The molecule has 0 saturated heterocycles. The summed E-state index contributed by atoms with van der Waals surface area (Å²) >= 11 is 0. The Bertz CT molecular complexity index is 2390. The summed E-state index contributed by atoms with van der Waals surface area (Å²) in [6.07, 6.45) is 26.1. The summed E-state index contributed by atoms with van der Waals surface area (Å²) in [5.41, 5.74) is 17.8. The quantitative estimate of drug-likeness (QED) is 0.0790. The number of nitrogen functional groups attached to an aromatic ring is 1. The largest absolute Gasteiger partial charge is 0.397 e. The lowest BCUT2D eigenvalue weighted by molar-refractivity contribution is 0.909. The third-order valence-corrected chi connectivity index (χ3v) is 9.47. The van der Waals surface area contributed by atoms with Gasteiger partial charge in [-0.15, -0.1) is 0 Å². The molecule has 5 aromatic rings. The van der Waals surface area contributed by atoms with Gasteiger partial charge in [0.15, 0.2) is 0 Å². The van der Waals surface area contributed by atoms with Gasteiger partial charge in [0.1, 0.15) is 11.6 Å². The molecule has 278 valence electrons. The van der Waals surface area contributed by atoms with Crippen LogP contribution >= 0.6 is 0 Å². The zero-order valence-electron chi connectivity index (χ0n) is 32.8. The molecule has 6 nitrogen and oxygen atoms in total. The lowest BCUT2D eigenvalue weighted by Crippen LogP contribution is -2.23. The molecule has 55 heavy (non-hydrogen) atoms. The van der Waals surface area contributed by atoms with Gasteiger partial charge >= 0.3 is 0 Å². The number of fused-ring (bicyclic) bond motifs is 2. The summed E-state index contributed by atoms with van der Waals surface area (Å²) in [5.74, 6) is 8.22. The maximum atomic E-state index is 6.58. The van der Waals surface area contributed by atoms with E-state index in [-0.39, 0.29) is 0 Å². The molecule has 0 unspecified atom stereocenters. The van der Waals surface area contributed by atoms with Gasteiger partial charge in [0.2, 0.25) is 0 Å². The molecule has 2 aliphatic rings. The van der Waals surface area contributed by atoms with Crippen LogP contribution in [0.2, 0.25) is 0 Å². The number of para-hydroxylation sites is 5. The van der Waals surface area contributed by atoms with E-state index in [4.69, 9.17) is 15.7 Å². The van der Waals surface area contributed by atoms with Gasteiger partial charge in [0, 0.05) is 41.7 Å². The zero-order valence-corrected chi connectivity index (χ0v) is 32.8. The molecule has 3 aromatic carbocycles. The number of imidazole rings is 2. The smallest absolute Gasteiger partial charge is 0.145 e. The van der Waals surface area contributed by atoms with Crippen LogP contribution in [0.15, 0.2) is 139 Å². The zero-order chi connectivity index (χ0) is 38.6.